The highest BCUT2D eigenvalue weighted by molar-refractivity contribution is 5.85. The molecule has 2 heterocycles. The van der Waals surface area contributed by atoms with Crippen molar-refractivity contribution in [1.29, 1.82) is 0 Å². The second-order valence-electron chi connectivity index (χ2n) is 6.81. The van der Waals surface area contributed by atoms with Gasteiger partial charge in [0.1, 0.15) is 11.3 Å². The van der Waals surface area contributed by atoms with Crippen molar-refractivity contribution in [3.8, 4) is 0 Å². The van der Waals surface area contributed by atoms with E-state index in [0.717, 1.165) is 28.8 Å². The highest BCUT2D eigenvalue weighted by Crippen LogP contribution is 2.32. The third kappa shape index (κ3) is 4.54. The standard InChI is InChI=1S/C19H26N2O3.ClH/c1-12(2)18(21-17(22)10-14-11-23-9-8-20-14)19-13(3)15-6-4-5-7-16(15)24-19;/h4-7,12,14,18,20H,8-11H2,1-3H3,(H,21,22);1H. The fourth-order valence-corrected chi connectivity index (χ4v) is 3.23. The second kappa shape index (κ2) is 8.70. The molecule has 3 rings (SSSR count). The number of carbonyl (C=O) groups is 1. The highest BCUT2D eigenvalue weighted by atomic mass is 35.5. The lowest BCUT2D eigenvalue weighted by Crippen LogP contribution is -2.45. The van der Waals surface area contributed by atoms with Gasteiger partial charge in [0, 0.05) is 30.0 Å². The van der Waals surface area contributed by atoms with Crippen molar-refractivity contribution >= 4 is 29.3 Å². The van der Waals surface area contributed by atoms with Gasteiger partial charge in [0.2, 0.25) is 5.91 Å². The number of aryl methyl sites for hydroxylation is 1. The fourth-order valence-electron chi connectivity index (χ4n) is 3.23. The number of hydrogen-bond donors (Lipinski definition) is 2. The van der Waals surface area contributed by atoms with Crippen LogP contribution >= 0.6 is 12.4 Å². The molecule has 0 spiro atoms. The molecule has 138 valence electrons. The van der Waals surface area contributed by atoms with Crippen LogP contribution in [0, 0.1) is 12.8 Å². The maximum Gasteiger partial charge on any atom is 0.222 e. The summed E-state index contributed by atoms with van der Waals surface area (Å²) in [6, 6.07) is 7.95. The third-order valence-corrected chi connectivity index (χ3v) is 4.58. The van der Waals surface area contributed by atoms with Crippen LogP contribution in [0.4, 0.5) is 0 Å². The van der Waals surface area contributed by atoms with E-state index in [1.54, 1.807) is 0 Å². The molecule has 2 atom stereocenters. The molecule has 2 aromatic rings. The molecular formula is C19H27ClN2O3. The zero-order chi connectivity index (χ0) is 17.1. The van der Waals surface area contributed by atoms with Crippen LogP contribution in [0.3, 0.4) is 0 Å². The zero-order valence-corrected chi connectivity index (χ0v) is 15.8. The highest BCUT2D eigenvalue weighted by Gasteiger charge is 2.26. The fraction of sp³-hybridized carbons (Fsp3) is 0.526. The van der Waals surface area contributed by atoms with E-state index in [9.17, 15) is 4.79 Å². The summed E-state index contributed by atoms with van der Waals surface area (Å²) >= 11 is 0. The number of fused-ring (bicyclic) bond motifs is 1. The van der Waals surface area contributed by atoms with Crippen LogP contribution in [0.15, 0.2) is 28.7 Å². The van der Waals surface area contributed by atoms with Crippen LogP contribution in [-0.2, 0) is 9.53 Å². The molecule has 6 heteroatoms. The normalized spacial score (nSPS) is 18.8. The van der Waals surface area contributed by atoms with Gasteiger partial charge in [-0.05, 0) is 18.9 Å². The maximum absolute atomic E-state index is 12.5. The van der Waals surface area contributed by atoms with Gasteiger partial charge in [0.15, 0.2) is 0 Å². The summed E-state index contributed by atoms with van der Waals surface area (Å²) in [4.78, 5) is 12.5. The van der Waals surface area contributed by atoms with Crippen LogP contribution in [0.25, 0.3) is 11.0 Å². The molecule has 5 nitrogen and oxygen atoms in total. The van der Waals surface area contributed by atoms with Gasteiger partial charge in [-0.2, -0.15) is 0 Å². The van der Waals surface area contributed by atoms with Crippen molar-refractivity contribution in [2.75, 3.05) is 19.8 Å². The van der Waals surface area contributed by atoms with Gasteiger partial charge in [-0.15, -0.1) is 12.4 Å². The van der Waals surface area contributed by atoms with Gasteiger partial charge < -0.3 is 19.8 Å². The molecular weight excluding hydrogens is 340 g/mol. The Labute approximate surface area is 154 Å². The van der Waals surface area contributed by atoms with E-state index in [1.807, 2.05) is 18.2 Å². The summed E-state index contributed by atoms with van der Waals surface area (Å²) in [5, 5.41) is 7.58. The van der Waals surface area contributed by atoms with E-state index in [1.165, 1.54) is 0 Å². The van der Waals surface area contributed by atoms with Crippen LogP contribution < -0.4 is 10.6 Å². The van der Waals surface area contributed by atoms with E-state index < -0.39 is 0 Å². The Morgan fingerprint density at radius 3 is 2.76 bits per heavy atom. The predicted octanol–water partition coefficient (Wildman–Crippen LogP) is 3.35. The van der Waals surface area contributed by atoms with Crippen LogP contribution in [0.1, 0.15) is 37.6 Å². The molecule has 25 heavy (non-hydrogen) atoms. The Bertz CT molecular complexity index is 708. The maximum atomic E-state index is 12.5. The minimum atomic E-state index is -0.130. The quantitative estimate of drug-likeness (QED) is 0.851. The monoisotopic (exact) mass is 366 g/mol. The van der Waals surface area contributed by atoms with Crippen molar-refractivity contribution in [1.82, 2.24) is 10.6 Å². The summed E-state index contributed by atoms with van der Waals surface area (Å²) in [5.41, 5.74) is 1.97. The van der Waals surface area contributed by atoms with Crippen LogP contribution in [0.2, 0.25) is 0 Å². The number of benzene rings is 1. The number of amides is 1. The molecule has 0 aliphatic carbocycles. The summed E-state index contributed by atoms with van der Waals surface area (Å²) < 4.78 is 11.5. The van der Waals surface area contributed by atoms with E-state index >= 15 is 0 Å². The molecule has 1 aliphatic rings. The predicted molar refractivity (Wildman–Crippen MR) is 101 cm³/mol. The Balaban J connectivity index is 0.00000225. The molecule has 0 radical (unpaired) electrons. The van der Waals surface area contributed by atoms with Gasteiger partial charge >= 0.3 is 0 Å². The first-order valence-electron chi connectivity index (χ1n) is 8.64. The van der Waals surface area contributed by atoms with E-state index in [-0.39, 0.29) is 36.3 Å². The minimum Gasteiger partial charge on any atom is -0.459 e. The average Bonchev–Trinajstić information content (AvgIpc) is 2.90. The molecule has 1 amide bonds. The summed E-state index contributed by atoms with van der Waals surface area (Å²) in [5.74, 6) is 1.12. The van der Waals surface area contributed by atoms with Gasteiger partial charge in [-0.1, -0.05) is 32.0 Å². The van der Waals surface area contributed by atoms with Gasteiger partial charge in [-0.25, -0.2) is 0 Å². The number of furan rings is 1. The lowest BCUT2D eigenvalue weighted by Gasteiger charge is -2.26. The Morgan fingerprint density at radius 1 is 1.36 bits per heavy atom. The number of para-hydroxylation sites is 1. The zero-order valence-electron chi connectivity index (χ0n) is 15.0. The number of morpholine rings is 1. The van der Waals surface area contributed by atoms with Gasteiger partial charge in [-0.3, -0.25) is 4.79 Å². The molecule has 0 bridgehead atoms. The number of ether oxygens (including phenoxy) is 1. The minimum absolute atomic E-state index is 0. The topological polar surface area (TPSA) is 63.5 Å². The second-order valence-corrected chi connectivity index (χ2v) is 6.81. The van der Waals surface area contributed by atoms with Crippen molar-refractivity contribution in [2.24, 2.45) is 5.92 Å². The molecule has 1 saturated heterocycles. The lowest BCUT2D eigenvalue weighted by molar-refractivity contribution is -0.123. The van der Waals surface area contributed by atoms with E-state index in [2.05, 4.69) is 37.5 Å². The molecule has 2 N–H and O–H groups in total. The number of rotatable bonds is 5. The van der Waals surface area contributed by atoms with Crippen LogP contribution in [-0.4, -0.2) is 31.7 Å². The Kier molecular flexibility index (Phi) is 6.87. The summed E-state index contributed by atoms with van der Waals surface area (Å²) in [6.07, 6.45) is 0.419. The van der Waals surface area contributed by atoms with Gasteiger partial charge in [0.05, 0.1) is 19.3 Å². The van der Waals surface area contributed by atoms with Crippen LogP contribution in [0.5, 0.6) is 0 Å². The lowest BCUT2D eigenvalue weighted by atomic mass is 9.98. The SMILES string of the molecule is Cc1c(C(NC(=O)CC2COCCN2)C(C)C)oc2ccccc12.Cl. The first kappa shape index (κ1) is 19.8. The first-order valence-corrected chi connectivity index (χ1v) is 8.64. The number of halogens is 1. The first-order chi connectivity index (χ1) is 11.6. The average molecular weight is 367 g/mol. The summed E-state index contributed by atoms with van der Waals surface area (Å²) in [6.45, 7) is 8.35. The smallest absolute Gasteiger partial charge is 0.222 e. The molecule has 1 aliphatic heterocycles. The van der Waals surface area contributed by atoms with Crippen molar-refractivity contribution in [3.05, 3.63) is 35.6 Å². The largest absolute Gasteiger partial charge is 0.459 e. The van der Waals surface area contributed by atoms with Gasteiger partial charge in [0.25, 0.3) is 0 Å². The number of carbonyl (C=O) groups excluding carboxylic acids is 1. The van der Waals surface area contributed by atoms with Crippen molar-refractivity contribution < 1.29 is 13.9 Å². The molecule has 2 unspecified atom stereocenters. The number of nitrogens with one attached hydrogen (secondary N) is 2. The van der Waals surface area contributed by atoms with E-state index in [0.29, 0.717) is 19.6 Å². The van der Waals surface area contributed by atoms with E-state index in [4.69, 9.17) is 9.15 Å². The van der Waals surface area contributed by atoms with Crippen molar-refractivity contribution in [2.45, 2.75) is 39.3 Å². The Morgan fingerprint density at radius 2 is 2.12 bits per heavy atom. The summed E-state index contributed by atoms with van der Waals surface area (Å²) in [7, 11) is 0. The Hall–Kier alpha value is -1.56. The molecule has 1 aromatic heterocycles. The molecule has 1 aromatic carbocycles. The molecule has 0 saturated carbocycles. The number of hydrogen-bond acceptors (Lipinski definition) is 4. The third-order valence-electron chi connectivity index (χ3n) is 4.58. The molecule has 1 fully saturated rings. The van der Waals surface area contributed by atoms with Crippen molar-refractivity contribution in [3.63, 3.8) is 0 Å².